The third kappa shape index (κ3) is 3.20. The van der Waals surface area contributed by atoms with Gasteiger partial charge in [0.1, 0.15) is 0 Å². The summed E-state index contributed by atoms with van der Waals surface area (Å²) >= 11 is 0. The number of benzene rings is 2. The fourth-order valence-corrected chi connectivity index (χ4v) is 2.03. The number of hydrogen-bond acceptors (Lipinski definition) is 0. The Hall–Kier alpha value is -1.56. The highest BCUT2D eigenvalue weighted by molar-refractivity contribution is 5.29. The van der Waals surface area contributed by atoms with E-state index in [1.807, 2.05) is 0 Å². The molecule has 0 amide bonds. The van der Waals surface area contributed by atoms with E-state index in [0.717, 1.165) is 6.42 Å². The van der Waals surface area contributed by atoms with Gasteiger partial charge in [0.25, 0.3) is 0 Å². The first-order valence-electron chi connectivity index (χ1n) is 6.42. The maximum atomic E-state index is 2.28. The fraction of sp³-hybridized carbons (Fsp3) is 0.294. The quantitative estimate of drug-likeness (QED) is 0.700. The van der Waals surface area contributed by atoms with Gasteiger partial charge in [0.15, 0.2) is 0 Å². The summed E-state index contributed by atoms with van der Waals surface area (Å²) in [5.74, 6) is 0.667. The molecular weight excluding hydrogens is 204 g/mol. The minimum absolute atomic E-state index is 0.667. The first-order chi connectivity index (χ1) is 8.29. The highest BCUT2D eigenvalue weighted by atomic mass is 14.1. The van der Waals surface area contributed by atoms with Crippen LogP contribution in [-0.4, -0.2) is 0 Å². The normalized spacial score (nSPS) is 12.4. The van der Waals surface area contributed by atoms with Crippen LogP contribution in [-0.2, 0) is 6.42 Å². The van der Waals surface area contributed by atoms with Crippen molar-refractivity contribution in [2.24, 2.45) is 0 Å². The summed E-state index contributed by atoms with van der Waals surface area (Å²) in [7, 11) is 0. The van der Waals surface area contributed by atoms with E-state index in [4.69, 9.17) is 0 Å². The third-order valence-corrected chi connectivity index (χ3v) is 3.41. The Kier molecular flexibility index (Phi) is 3.98. The topological polar surface area (TPSA) is 0 Å². The molecule has 0 heteroatoms. The largest absolute Gasteiger partial charge is 0.0648 e. The van der Waals surface area contributed by atoms with Crippen LogP contribution in [0.5, 0.6) is 0 Å². The minimum Gasteiger partial charge on any atom is -0.0648 e. The predicted molar refractivity (Wildman–Crippen MR) is 74.4 cm³/mol. The van der Waals surface area contributed by atoms with Gasteiger partial charge in [-0.25, -0.2) is 0 Å². The molecule has 0 spiro atoms. The molecule has 0 N–H and O–H groups in total. The van der Waals surface area contributed by atoms with Crippen LogP contribution in [0, 0.1) is 0 Å². The van der Waals surface area contributed by atoms with E-state index < -0.39 is 0 Å². The summed E-state index contributed by atoms with van der Waals surface area (Å²) in [4.78, 5) is 0. The Morgan fingerprint density at radius 2 is 1.41 bits per heavy atom. The summed E-state index contributed by atoms with van der Waals surface area (Å²) in [6.45, 7) is 4.52. The van der Waals surface area contributed by atoms with Crippen LogP contribution in [0.1, 0.15) is 42.9 Å². The summed E-state index contributed by atoms with van der Waals surface area (Å²) in [5, 5.41) is 0. The first kappa shape index (κ1) is 11.9. The molecule has 0 aromatic heterocycles. The van der Waals surface area contributed by atoms with Crippen molar-refractivity contribution >= 4 is 0 Å². The van der Waals surface area contributed by atoms with Gasteiger partial charge >= 0.3 is 0 Å². The van der Waals surface area contributed by atoms with E-state index in [0.29, 0.717) is 5.92 Å². The molecule has 0 saturated carbocycles. The lowest BCUT2D eigenvalue weighted by Crippen LogP contribution is -1.93. The second kappa shape index (κ2) is 5.67. The summed E-state index contributed by atoms with van der Waals surface area (Å²) in [5.41, 5.74) is 4.22. The van der Waals surface area contributed by atoms with Crippen LogP contribution in [0.4, 0.5) is 0 Å². The molecule has 0 nitrogen and oxygen atoms in total. The molecule has 1 unspecified atom stereocenters. The van der Waals surface area contributed by atoms with Gasteiger partial charge in [-0.05, 0) is 35.4 Å². The summed E-state index contributed by atoms with van der Waals surface area (Å²) < 4.78 is 0. The molecule has 2 rings (SSSR count). The molecule has 17 heavy (non-hydrogen) atoms. The van der Waals surface area contributed by atoms with Crippen molar-refractivity contribution in [2.45, 2.75) is 32.6 Å². The van der Waals surface area contributed by atoms with E-state index in [9.17, 15) is 0 Å². The molecule has 2 aromatic carbocycles. The van der Waals surface area contributed by atoms with E-state index in [1.54, 1.807) is 0 Å². The Morgan fingerprint density at radius 3 is 2.00 bits per heavy atom. The van der Waals surface area contributed by atoms with Crippen LogP contribution in [0.15, 0.2) is 54.6 Å². The maximum Gasteiger partial charge on any atom is -0.00258 e. The van der Waals surface area contributed by atoms with Crippen LogP contribution in [0.2, 0.25) is 0 Å². The van der Waals surface area contributed by atoms with Gasteiger partial charge < -0.3 is 0 Å². The highest BCUT2D eigenvalue weighted by Gasteiger charge is 2.02. The van der Waals surface area contributed by atoms with E-state index in [2.05, 4.69) is 68.4 Å². The van der Waals surface area contributed by atoms with Gasteiger partial charge in [-0.1, -0.05) is 68.4 Å². The molecule has 2 aromatic rings. The highest BCUT2D eigenvalue weighted by Crippen LogP contribution is 2.19. The Labute approximate surface area is 104 Å². The molecule has 1 atom stereocenters. The molecule has 0 heterocycles. The average molecular weight is 224 g/mol. The Balaban J connectivity index is 2.08. The lowest BCUT2D eigenvalue weighted by Gasteiger charge is -2.09. The van der Waals surface area contributed by atoms with E-state index in [1.165, 1.54) is 23.1 Å². The summed E-state index contributed by atoms with van der Waals surface area (Å²) in [6, 6.07) is 19.7. The van der Waals surface area contributed by atoms with Gasteiger partial charge in [0, 0.05) is 0 Å². The first-order valence-corrected chi connectivity index (χ1v) is 6.42. The van der Waals surface area contributed by atoms with Crippen molar-refractivity contribution in [3.05, 3.63) is 71.3 Å². The summed E-state index contributed by atoms with van der Waals surface area (Å²) in [6.07, 6.45) is 2.24. The lowest BCUT2D eigenvalue weighted by atomic mass is 9.96. The van der Waals surface area contributed by atoms with Crippen molar-refractivity contribution in [3.63, 3.8) is 0 Å². The molecular formula is C17H20. The molecule has 0 aliphatic heterocycles. The SMILES string of the molecule is CCC(C)c1ccc(Cc2ccccc2)cc1. The van der Waals surface area contributed by atoms with Crippen molar-refractivity contribution in [2.75, 3.05) is 0 Å². The van der Waals surface area contributed by atoms with Gasteiger partial charge in [-0.3, -0.25) is 0 Å². The fourth-order valence-electron chi connectivity index (χ4n) is 2.03. The van der Waals surface area contributed by atoms with Crippen LogP contribution >= 0.6 is 0 Å². The molecule has 0 saturated heterocycles. The monoisotopic (exact) mass is 224 g/mol. The minimum atomic E-state index is 0.667. The number of rotatable bonds is 4. The zero-order valence-electron chi connectivity index (χ0n) is 10.7. The smallest absolute Gasteiger partial charge is 0.00258 e. The van der Waals surface area contributed by atoms with Crippen LogP contribution in [0.3, 0.4) is 0 Å². The van der Waals surface area contributed by atoms with Crippen molar-refractivity contribution in [1.82, 2.24) is 0 Å². The van der Waals surface area contributed by atoms with Gasteiger partial charge in [0.05, 0.1) is 0 Å². The molecule has 0 fully saturated rings. The number of hydrogen-bond donors (Lipinski definition) is 0. The van der Waals surface area contributed by atoms with Crippen LogP contribution in [0.25, 0.3) is 0 Å². The average Bonchev–Trinajstić information content (AvgIpc) is 2.40. The van der Waals surface area contributed by atoms with Crippen molar-refractivity contribution < 1.29 is 0 Å². The maximum absolute atomic E-state index is 2.28. The van der Waals surface area contributed by atoms with Gasteiger partial charge in [0.2, 0.25) is 0 Å². The zero-order chi connectivity index (χ0) is 12.1. The second-order valence-electron chi connectivity index (χ2n) is 4.71. The van der Waals surface area contributed by atoms with E-state index >= 15 is 0 Å². The zero-order valence-corrected chi connectivity index (χ0v) is 10.7. The molecule has 0 radical (unpaired) electrons. The standard InChI is InChI=1S/C17H20/c1-3-14(2)17-11-9-16(10-12-17)13-15-7-5-4-6-8-15/h4-12,14H,3,13H2,1-2H3. The lowest BCUT2D eigenvalue weighted by molar-refractivity contribution is 0.733. The molecule has 88 valence electrons. The molecule has 0 aliphatic rings. The van der Waals surface area contributed by atoms with Crippen molar-refractivity contribution in [1.29, 1.82) is 0 Å². The van der Waals surface area contributed by atoms with Gasteiger partial charge in [-0.2, -0.15) is 0 Å². The van der Waals surface area contributed by atoms with Crippen molar-refractivity contribution in [3.8, 4) is 0 Å². The van der Waals surface area contributed by atoms with E-state index in [-0.39, 0.29) is 0 Å². The molecule has 0 aliphatic carbocycles. The Morgan fingerprint density at radius 1 is 0.824 bits per heavy atom. The predicted octanol–water partition coefficient (Wildman–Crippen LogP) is 4.79. The Bertz CT molecular complexity index is 439. The van der Waals surface area contributed by atoms with Crippen LogP contribution < -0.4 is 0 Å². The molecule has 0 bridgehead atoms. The second-order valence-corrected chi connectivity index (χ2v) is 4.71. The van der Waals surface area contributed by atoms with Gasteiger partial charge in [-0.15, -0.1) is 0 Å². The third-order valence-electron chi connectivity index (χ3n) is 3.41.